The maximum atomic E-state index is 15.1. The van der Waals surface area contributed by atoms with Crippen LogP contribution in [-0.4, -0.2) is 39.8 Å². The van der Waals surface area contributed by atoms with E-state index in [1.807, 2.05) is 32.0 Å². The summed E-state index contributed by atoms with van der Waals surface area (Å²) in [5, 5.41) is 6.78. The number of ether oxygens (including phenoxy) is 1. The average molecular weight is 484 g/mol. The van der Waals surface area contributed by atoms with Crippen LogP contribution in [0.4, 0.5) is 20.7 Å². The van der Waals surface area contributed by atoms with Crippen LogP contribution >= 0.6 is 11.6 Å². The van der Waals surface area contributed by atoms with Crippen molar-refractivity contribution in [2.75, 3.05) is 24.1 Å². The van der Waals surface area contributed by atoms with Crippen molar-refractivity contribution in [2.45, 2.75) is 32.3 Å². The highest BCUT2D eigenvalue weighted by molar-refractivity contribution is 6.31. The molecule has 2 aliphatic heterocycles. The Balaban J connectivity index is 1.49. The van der Waals surface area contributed by atoms with E-state index in [9.17, 15) is 9.59 Å². The third kappa shape index (κ3) is 3.47. The Bertz CT molecular complexity index is 1340. The first kappa shape index (κ1) is 22.2. The number of anilines is 2. The minimum atomic E-state index is -1.35. The summed E-state index contributed by atoms with van der Waals surface area (Å²) in [4.78, 5) is 27.3. The minimum absolute atomic E-state index is 0.0301. The molecule has 1 spiro atoms. The number of likely N-dealkylation sites (tertiary alicyclic amines) is 1. The number of hydrogen-bond acceptors (Lipinski definition) is 5. The number of benzene rings is 2. The van der Waals surface area contributed by atoms with E-state index in [1.165, 1.54) is 27.9 Å². The lowest BCUT2D eigenvalue weighted by Gasteiger charge is -2.45. The number of aromatic nitrogens is 2. The molecule has 1 atom stereocenters. The van der Waals surface area contributed by atoms with Gasteiger partial charge in [-0.15, -0.1) is 0 Å². The number of carbonyl (C=O) groups is 2. The molecule has 3 aromatic rings. The van der Waals surface area contributed by atoms with E-state index in [0.717, 1.165) is 16.8 Å². The number of piperidine rings is 1. The Kier molecular flexibility index (Phi) is 5.24. The van der Waals surface area contributed by atoms with Crippen molar-refractivity contribution >= 4 is 35.1 Å². The fraction of sp³-hybridized carbons (Fsp3) is 0.292. The molecule has 0 bridgehead atoms. The molecule has 0 saturated carbocycles. The number of hydrogen-bond donors (Lipinski definition) is 2. The molecule has 3 N–H and O–H groups in total. The maximum absolute atomic E-state index is 15.1. The average Bonchev–Trinajstić information content (AvgIpc) is 3.16. The van der Waals surface area contributed by atoms with Crippen molar-refractivity contribution in [1.29, 1.82) is 0 Å². The second-order valence-electron chi connectivity index (χ2n) is 8.77. The molecule has 0 aliphatic carbocycles. The molecule has 1 fully saturated rings. The Hall–Kier alpha value is -3.59. The smallest absolute Gasteiger partial charge is 0.412 e. The third-order valence-corrected chi connectivity index (χ3v) is 6.73. The number of fused-ring (bicyclic) bond motifs is 2. The first-order valence-corrected chi connectivity index (χ1v) is 11.3. The van der Waals surface area contributed by atoms with E-state index in [1.54, 1.807) is 0 Å². The number of aryl methyl sites for hydroxylation is 2. The topological polar surface area (TPSA) is 102 Å². The molecule has 0 unspecified atom stereocenters. The van der Waals surface area contributed by atoms with E-state index in [-0.39, 0.29) is 40.1 Å². The van der Waals surface area contributed by atoms with E-state index in [2.05, 4.69) is 10.4 Å². The zero-order valence-electron chi connectivity index (χ0n) is 18.7. The van der Waals surface area contributed by atoms with Gasteiger partial charge in [0, 0.05) is 6.54 Å². The van der Waals surface area contributed by atoms with Crippen molar-refractivity contribution in [3.8, 4) is 5.69 Å². The first-order valence-electron chi connectivity index (χ1n) is 10.9. The largest absolute Gasteiger partial charge is 0.436 e. The number of halogens is 2. The molecule has 8 nitrogen and oxygen atoms in total. The summed E-state index contributed by atoms with van der Waals surface area (Å²) >= 11 is 6.03. The highest BCUT2D eigenvalue weighted by Crippen LogP contribution is 2.45. The van der Waals surface area contributed by atoms with Gasteiger partial charge in [0.25, 0.3) is 5.91 Å². The Morgan fingerprint density at radius 1 is 1.29 bits per heavy atom. The van der Waals surface area contributed by atoms with Crippen molar-refractivity contribution in [2.24, 2.45) is 0 Å². The van der Waals surface area contributed by atoms with Gasteiger partial charge in [0.05, 0.1) is 34.7 Å². The van der Waals surface area contributed by atoms with Gasteiger partial charge in [-0.25, -0.2) is 13.9 Å². The molecular weight excluding hydrogens is 461 g/mol. The third-order valence-electron chi connectivity index (χ3n) is 6.43. The highest BCUT2D eigenvalue weighted by atomic mass is 35.5. The molecule has 0 radical (unpaired) electrons. The van der Waals surface area contributed by atoms with Crippen LogP contribution < -0.4 is 11.1 Å². The molecule has 176 valence electrons. The molecule has 2 amide bonds. The summed E-state index contributed by atoms with van der Waals surface area (Å²) in [7, 11) is 0. The lowest BCUT2D eigenvalue weighted by Crippen LogP contribution is -2.53. The lowest BCUT2D eigenvalue weighted by molar-refractivity contribution is -0.0418. The van der Waals surface area contributed by atoms with Crippen molar-refractivity contribution in [1.82, 2.24) is 14.7 Å². The van der Waals surface area contributed by atoms with Crippen molar-refractivity contribution < 1.29 is 18.7 Å². The standard InChI is InChI=1S/C24H23ClFN5O3/c1-13-4-7-18(14(2)10-13)31-21(27)15(11-28-31)22(32)30-9-3-8-24(12-30)19-17(29-23(33)34-24)6-5-16(25)20(19)26/h4-7,10-11H,3,8-9,12,27H2,1-2H3,(H,29,33)/t24-/m0/s1. The molecule has 2 aliphatic rings. The molecular formula is C24H23ClFN5O3. The van der Waals surface area contributed by atoms with Gasteiger partial charge in [-0.1, -0.05) is 29.3 Å². The normalized spacial score (nSPS) is 19.5. The van der Waals surface area contributed by atoms with Crippen LogP contribution in [0.1, 0.15) is 39.9 Å². The minimum Gasteiger partial charge on any atom is -0.436 e. The monoisotopic (exact) mass is 483 g/mol. The van der Waals surface area contributed by atoms with Crippen LogP contribution in [0.3, 0.4) is 0 Å². The number of nitrogens with one attached hydrogen (secondary N) is 1. The molecule has 3 heterocycles. The molecule has 1 saturated heterocycles. The van der Waals surface area contributed by atoms with Crippen LogP contribution in [-0.2, 0) is 10.3 Å². The number of nitrogens with two attached hydrogens (primary N) is 1. The summed E-state index contributed by atoms with van der Waals surface area (Å²) in [6.07, 6.45) is 1.57. The maximum Gasteiger partial charge on any atom is 0.412 e. The predicted molar refractivity (Wildman–Crippen MR) is 126 cm³/mol. The van der Waals surface area contributed by atoms with Crippen LogP contribution in [0, 0.1) is 19.7 Å². The Morgan fingerprint density at radius 3 is 2.85 bits per heavy atom. The van der Waals surface area contributed by atoms with Crippen LogP contribution in [0.5, 0.6) is 0 Å². The van der Waals surface area contributed by atoms with Gasteiger partial charge in [-0.05, 0) is 50.5 Å². The van der Waals surface area contributed by atoms with E-state index < -0.39 is 17.5 Å². The number of carbonyl (C=O) groups excluding carboxylic acids is 2. The summed E-state index contributed by atoms with van der Waals surface area (Å²) in [6.45, 7) is 4.31. The summed E-state index contributed by atoms with van der Waals surface area (Å²) in [5.41, 5.74) is 8.50. The zero-order chi connectivity index (χ0) is 24.2. The first-order chi connectivity index (χ1) is 16.2. The molecule has 34 heavy (non-hydrogen) atoms. The molecule has 5 rings (SSSR count). The lowest BCUT2D eigenvalue weighted by atomic mass is 9.83. The van der Waals surface area contributed by atoms with E-state index in [4.69, 9.17) is 22.1 Å². The summed E-state index contributed by atoms with van der Waals surface area (Å²) in [6, 6.07) is 8.77. The number of nitrogens with zero attached hydrogens (tertiary/aromatic N) is 3. The van der Waals surface area contributed by atoms with Gasteiger partial charge in [-0.2, -0.15) is 5.10 Å². The second kappa shape index (κ2) is 8.02. The summed E-state index contributed by atoms with van der Waals surface area (Å²) in [5.74, 6) is -0.838. The van der Waals surface area contributed by atoms with Crippen LogP contribution in [0.2, 0.25) is 5.02 Å². The van der Waals surface area contributed by atoms with Gasteiger partial charge in [0.1, 0.15) is 11.4 Å². The fourth-order valence-electron chi connectivity index (χ4n) is 4.87. The summed E-state index contributed by atoms with van der Waals surface area (Å²) < 4.78 is 22.3. The zero-order valence-corrected chi connectivity index (χ0v) is 19.4. The quantitative estimate of drug-likeness (QED) is 0.556. The highest BCUT2D eigenvalue weighted by Gasteiger charge is 2.48. The second-order valence-corrected chi connectivity index (χ2v) is 9.18. The van der Waals surface area contributed by atoms with Gasteiger partial charge >= 0.3 is 6.09 Å². The van der Waals surface area contributed by atoms with Gasteiger partial charge in [-0.3, -0.25) is 10.1 Å². The Morgan fingerprint density at radius 2 is 2.09 bits per heavy atom. The molecule has 2 aromatic carbocycles. The van der Waals surface area contributed by atoms with E-state index >= 15 is 4.39 Å². The van der Waals surface area contributed by atoms with Gasteiger partial charge < -0.3 is 15.4 Å². The Labute approximate surface area is 200 Å². The van der Waals surface area contributed by atoms with Crippen molar-refractivity contribution in [3.63, 3.8) is 0 Å². The predicted octanol–water partition coefficient (Wildman–Crippen LogP) is 4.56. The van der Waals surface area contributed by atoms with E-state index in [0.29, 0.717) is 19.4 Å². The van der Waals surface area contributed by atoms with Crippen LogP contribution in [0.25, 0.3) is 5.69 Å². The number of amides is 2. The molecule has 10 heteroatoms. The van der Waals surface area contributed by atoms with Gasteiger partial charge in [0.2, 0.25) is 0 Å². The number of rotatable bonds is 2. The fourth-order valence-corrected chi connectivity index (χ4v) is 5.03. The van der Waals surface area contributed by atoms with Crippen molar-refractivity contribution in [3.05, 3.63) is 69.6 Å². The SMILES string of the molecule is Cc1ccc(-n2ncc(C(=O)N3CCC[C@@]4(C3)OC(=O)Nc3ccc(Cl)c(F)c34)c2N)c(C)c1. The van der Waals surface area contributed by atoms with Gasteiger partial charge in [0.15, 0.2) is 11.4 Å². The number of nitrogen functional groups attached to an aromatic ring is 1. The molecule has 1 aromatic heterocycles. The van der Waals surface area contributed by atoms with Crippen LogP contribution in [0.15, 0.2) is 36.5 Å².